The van der Waals surface area contributed by atoms with Gasteiger partial charge in [-0.15, -0.1) is 0 Å². The summed E-state index contributed by atoms with van der Waals surface area (Å²) < 4.78 is 5.66. The Balaban J connectivity index is 2.06. The normalized spacial score (nSPS) is 13.8. The van der Waals surface area contributed by atoms with Gasteiger partial charge in [0, 0.05) is 23.9 Å². The van der Waals surface area contributed by atoms with Crippen molar-refractivity contribution in [2.24, 2.45) is 5.41 Å². The van der Waals surface area contributed by atoms with Crippen LogP contribution in [0.5, 0.6) is 0 Å². The zero-order chi connectivity index (χ0) is 18.9. The molecule has 26 heavy (non-hydrogen) atoms. The van der Waals surface area contributed by atoms with Crippen LogP contribution in [0.4, 0.5) is 0 Å². The minimum absolute atomic E-state index is 0.0572. The molecule has 0 aliphatic carbocycles. The zero-order valence-corrected chi connectivity index (χ0v) is 17.1. The van der Waals surface area contributed by atoms with E-state index in [2.05, 4.69) is 91.5 Å². The molecule has 3 aromatic rings. The molecule has 2 aromatic carbocycles. The number of rotatable bonds is 4. The summed E-state index contributed by atoms with van der Waals surface area (Å²) in [7, 11) is 3.29. The van der Waals surface area contributed by atoms with Crippen LogP contribution in [-0.2, 0) is 4.43 Å². The van der Waals surface area contributed by atoms with Crippen molar-refractivity contribution in [3.05, 3.63) is 60.4 Å². The maximum Gasteiger partial charge on any atom is 0.247 e. The molecule has 1 aromatic heterocycles. The molecule has 0 N–H and O–H groups in total. The van der Waals surface area contributed by atoms with E-state index in [-0.39, 0.29) is 16.9 Å². The van der Waals surface area contributed by atoms with E-state index in [9.17, 15) is 0 Å². The highest BCUT2D eigenvalue weighted by Crippen LogP contribution is 2.45. The fourth-order valence-corrected chi connectivity index (χ4v) is 4.15. The summed E-state index contributed by atoms with van der Waals surface area (Å²) in [4.78, 5) is 8.69. The summed E-state index contributed by atoms with van der Waals surface area (Å²) in [6.45, 7) is 11.0. The Hall–Kier alpha value is -2.04. The van der Waals surface area contributed by atoms with Gasteiger partial charge in [-0.2, -0.15) is 0 Å². The van der Waals surface area contributed by atoms with Crippen molar-refractivity contribution in [3.8, 4) is 11.4 Å². The molecule has 0 spiro atoms. The SMILES string of the molecule is CC(C)(C)C(c1ccc2cc(-c3ncccn3)ccc2c1)C(C)(C)O[Si]. The van der Waals surface area contributed by atoms with E-state index in [0.717, 1.165) is 11.4 Å². The largest absolute Gasteiger partial charge is 0.413 e. The molecule has 3 radical (unpaired) electrons. The molecule has 3 rings (SSSR count). The molecule has 4 heteroatoms. The van der Waals surface area contributed by atoms with E-state index in [0.29, 0.717) is 0 Å². The summed E-state index contributed by atoms with van der Waals surface area (Å²) in [6.07, 6.45) is 3.54. The van der Waals surface area contributed by atoms with Crippen molar-refractivity contribution < 1.29 is 4.43 Å². The standard InChI is InChI=1S/C22H25N2OSi/c1-21(2,3)19(22(4,5)25-26)17-9-7-16-14-18(10-8-15(16)13-17)20-23-11-6-12-24-20/h6-14,19H,1-5H3. The van der Waals surface area contributed by atoms with Crippen molar-refractivity contribution in [2.75, 3.05) is 0 Å². The Morgan fingerprint density at radius 1 is 0.885 bits per heavy atom. The maximum absolute atomic E-state index is 5.66. The molecule has 3 nitrogen and oxygen atoms in total. The third-order valence-electron chi connectivity index (χ3n) is 4.85. The van der Waals surface area contributed by atoms with E-state index in [4.69, 9.17) is 4.43 Å². The lowest BCUT2D eigenvalue weighted by Gasteiger charge is -2.42. The summed E-state index contributed by atoms with van der Waals surface area (Å²) in [5.41, 5.74) is 2.03. The highest BCUT2D eigenvalue weighted by atomic mass is 28.2. The zero-order valence-electron chi connectivity index (χ0n) is 16.1. The Morgan fingerprint density at radius 3 is 2.12 bits per heavy atom. The van der Waals surface area contributed by atoms with Crippen molar-refractivity contribution in [3.63, 3.8) is 0 Å². The average Bonchev–Trinajstić information content (AvgIpc) is 2.60. The number of nitrogens with zero attached hydrogens (tertiary/aromatic N) is 2. The van der Waals surface area contributed by atoms with Crippen LogP contribution in [-0.4, -0.2) is 26.1 Å². The molecule has 0 saturated carbocycles. The van der Waals surface area contributed by atoms with E-state index >= 15 is 0 Å². The van der Waals surface area contributed by atoms with Crippen LogP contribution in [0, 0.1) is 5.41 Å². The van der Waals surface area contributed by atoms with Gasteiger partial charge >= 0.3 is 0 Å². The van der Waals surface area contributed by atoms with Gasteiger partial charge in [0.05, 0.1) is 5.60 Å². The first-order valence-electron chi connectivity index (χ1n) is 8.88. The van der Waals surface area contributed by atoms with Gasteiger partial charge in [-0.05, 0) is 47.7 Å². The van der Waals surface area contributed by atoms with Gasteiger partial charge in [0.2, 0.25) is 10.5 Å². The van der Waals surface area contributed by atoms with Crippen LogP contribution in [0.15, 0.2) is 54.9 Å². The van der Waals surface area contributed by atoms with Crippen molar-refractivity contribution >= 4 is 21.3 Å². The third kappa shape index (κ3) is 3.71. The van der Waals surface area contributed by atoms with Crippen LogP contribution in [0.2, 0.25) is 0 Å². The minimum Gasteiger partial charge on any atom is -0.413 e. The van der Waals surface area contributed by atoms with Crippen molar-refractivity contribution in [1.29, 1.82) is 0 Å². The molecule has 0 aliphatic heterocycles. The predicted molar refractivity (Wildman–Crippen MR) is 108 cm³/mol. The van der Waals surface area contributed by atoms with Crippen LogP contribution in [0.1, 0.15) is 46.1 Å². The average molecular weight is 362 g/mol. The predicted octanol–water partition coefficient (Wildman–Crippen LogP) is 5.31. The van der Waals surface area contributed by atoms with E-state index in [1.54, 1.807) is 12.4 Å². The number of hydrogen-bond acceptors (Lipinski definition) is 3. The molecule has 0 fully saturated rings. The molecule has 1 heterocycles. The molecule has 133 valence electrons. The summed E-state index contributed by atoms with van der Waals surface area (Å²) in [5.74, 6) is 0.980. The fourth-order valence-electron chi connectivity index (χ4n) is 4.03. The number of fused-ring (bicyclic) bond motifs is 1. The molecule has 0 saturated heterocycles. The van der Waals surface area contributed by atoms with E-state index in [1.165, 1.54) is 16.3 Å². The first kappa shape index (κ1) is 18.7. The monoisotopic (exact) mass is 361 g/mol. The molecular weight excluding hydrogens is 336 g/mol. The van der Waals surface area contributed by atoms with Crippen LogP contribution < -0.4 is 0 Å². The minimum atomic E-state index is -0.333. The summed E-state index contributed by atoms with van der Waals surface area (Å²) in [6, 6.07) is 14.9. The highest BCUT2D eigenvalue weighted by molar-refractivity contribution is 5.98. The summed E-state index contributed by atoms with van der Waals surface area (Å²) in [5, 5.41) is 2.39. The van der Waals surface area contributed by atoms with Crippen molar-refractivity contribution in [2.45, 2.75) is 46.1 Å². The van der Waals surface area contributed by atoms with Crippen LogP contribution >= 0.6 is 0 Å². The molecular formula is C22H25N2OSi. The number of aromatic nitrogens is 2. The summed E-state index contributed by atoms with van der Waals surface area (Å²) >= 11 is 0. The molecule has 0 bridgehead atoms. The van der Waals surface area contributed by atoms with Gasteiger partial charge in [-0.1, -0.05) is 51.1 Å². The van der Waals surface area contributed by atoms with Crippen LogP contribution in [0.25, 0.3) is 22.2 Å². The fraction of sp³-hybridized carbons (Fsp3) is 0.364. The Bertz CT molecular complexity index is 901. The number of hydrogen-bond donors (Lipinski definition) is 0. The maximum atomic E-state index is 5.66. The van der Waals surface area contributed by atoms with E-state index in [1.807, 2.05) is 6.07 Å². The second kappa shape index (κ2) is 6.93. The molecule has 0 amide bonds. The second-order valence-electron chi connectivity index (χ2n) is 8.40. The highest BCUT2D eigenvalue weighted by Gasteiger charge is 2.39. The molecule has 0 aliphatic rings. The Kier molecular flexibility index (Phi) is 5.00. The quantitative estimate of drug-likeness (QED) is 0.591. The van der Waals surface area contributed by atoms with Gasteiger partial charge in [0.25, 0.3) is 0 Å². The van der Waals surface area contributed by atoms with Gasteiger partial charge < -0.3 is 4.43 Å². The van der Waals surface area contributed by atoms with Crippen LogP contribution in [0.3, 0.4) is 0 Å². The first-order chi connectivity index (χ1) is 12.2. The first-order valence-corrected chi connectivity index (χ1v) is 9.29. The van der Waals surface area contributed by atoms with Gasteiger partial charge in [-0.25, -0.2) is 9.97 Å². The number of benzene rings is 2. The topological polar surface area (TPSA) is 35.0 Å². The smallest absolute Gasteiger partial charge is 0.247 e. The lowest BCUT2D eigenvalue weighted by Crippen LogP contribution is -2.39. The van der Waals surface area contributed by atoms with E-state index < -0.39 is 0 Å². The lowest BCUT2D eigenvalue weighted by atomic mass is 9.68. The Labute approximate surface area is 159 Å². The lowest BCUT2D eigenvalue weighted by molar-refractivity contribution is 0.0405. The van der Waals surface area contributed by atoms with Gasteiger partial charge in [0.15, 0.2) is 5.82 Å². The molecule has 1 atom stereocenters. The third-order valence-corrected chi connectivity index (χ3v) is 5.37. The van der Waals surface area contributed by atoms with Crippen molar-refractivity contribution in [1.82, 2.24) is 9.97 Å². The second-order valence-corrected chi connectivity index (χ2v) is 8.60. The molecule has 1 unspecified atom stereocenters. The Morgan fingerprint density at radius 2 is 1.50 bits per heavy atom. The van der Waals surface area contributed by atoms with Gasteiger partial charge in [0.1, 0.15) is 0 Å². The van der Waals surface area contributed by atoms with Gasteiger partial charge in [-0.3, -0.25) is 0 Å².